The molecule has 0 spiro atoms. The second-order valence-corrected chi connectivity index (χ2v) is 6.04. The van der Waals surface area contributed by atoms with Gasteiger partial charge in [-0.25, -0.2) is 0 Å². The van der Waals surface area contributed by atoms with E-state index in [4.69, 9.17) is 9.47 Å². The maximum absolute atomic E-state index is 12.7. The highest BCUT2D eigenvalue weighted by Gasteiger charge is 2.30. The topological polar surface area (TPSA) is 35.5 Å². The van der Waals surface area contributed by atoms with Crippen LogP contribution in [-0.4, -0.2) is 19.0 Å². The maximum Gasteiger partial charge on any atom is 0.416 e. The highest BCUT2D eigenvalue weighted by atomic mass is 32.1. The predicted molar refractivity (Wildman–Crippen MR) is 83.8 cm³/mol. The molecule has 7 heteroatoms. The van der Waals surface area contributed by atoms with Crippen LogP contribution in [0.4, 0.5) is 13.2 Å². The van der Waals surface area contributed by atoms with Crippen LogP contribution in [0.3, 0.4) is 0 Å². The van der Waals surface area contributed by atoms with E-state index in [1.54, 1.807) is 6.08 Å². The van der Waals surface area contributed by atoms with Crippen molar-refractivity contribution in [1.29, 1.82) is 0 Å². The molecule has 1 saturated heterocycles. The normalized spacial score (nSPS) is 16.1. The lowest BCUT2D eigenvalue weighted by molar-refractivity contribution is -0.137. The molecule has 24 heavy (non-hydrogen) atoms. The van der Waals surface area contributed by atoms with Crippen LogP contribution in [0.2, 0.25) is 0 Å². The number of thiophene rings is 1. The first-order valence-corrected chi connectivity index (χ1v) is 8.03. The van der Waals surface area contributed by atoms with E-state index in [0.717, 1.165) is 22.6 Å². The van der Waals surface area contributed by atoms with Crippen molar-refractivity contribution >= 4 is 23.2 Å². The largest absolute Gasteiger partial charge is 0.416 e. The van der Waals surface area contributed by atoms with Gasteiger partial charge >= 0.3 is 6.18 Å². The van der Waals surface area contributed by atoms with Crippen LogP contribution in [0, 0.1) is 0 Å². The van der Waals surface area contributed by atoms with E-state index in [0.29, 0.717) is 13.2 Å². The van der Waals surface area contributed by atoms with Gasteiger partial charge in [0, 0.05) is 16.0 Å². The van der Waals surface area contributed by atoms with Gasteiger partial charge in [0.15, 0.2) is 12.1 Å². The van der Waals surface area contributed by atoms with Crippen molar-refractivity contribution in [3.8, 4) is 0 Å². The van der Waals surface area contributed by atoms with Crippen molar-refractivity contribution in [2.45, 2.75) is 12.5 Å². The number of alkyl halides is 3. The molecule has 0 radical (unpaired) electrons. The summed E-state index contributed by atoms with van der Waals surface area (Å²) in [6.45, 7) is 1.01. The summed E-state index contributed by atoms with van der Waals surface area (Å²) in [4.78, 5) is 12.9. The molecule has 3 rings (SSSR count). The SMILES string of the molecule is O=C(C=Cc1sccc1C1OCCO1)c1cccc(C(F)(F)F)c1. The van der Waals surface area contributed by atoms with Crippen LogP contribution in [-0.2, 0) is 15.7 Å². The van der Waals surface area contributed by atoms with Gasteiger partial charge < -0.3 is 9.47 Å². The number of halogens is 3. The van der Waals surface area contributed by atoms with Gasteiger partial charge in [-0.2, -0.15) is 13.2 Å². The first kappa shape index (κ1) is 16.9. The van der Waals surface area contributed by atoms with Crippen LogP contribution >= 0.6 is 11.3 Å². The maximum atomic E-state index is 12.7. The molecule has 1 aliphatic heterocycles. The van der Waals surface area contributed by atoms with Gasteiger partial charge in [-0.05, 0) is 35.7 Å². The minimum absolute atomic E-state index is 0.00690. The van der Waals surface area contributed by atoms with Gasteiger partial charge in [-0.3, -0.25) is 4.79 Å². The average Bonchev–Trinajstić information content (AvgIpc) is 3.22. The molecule has 0 unspecified atom stereocenters. The van der Waals surface area contributed by atoms with Crippen molar-refractivity contribution < 1.29 is 27.4 Å². The Bertz CT molecular complexity index is 758. The van der Waals surface area contributed by atoms with E-state index in [2.05, 4.69) is 0 Å². The van der Waals surface area contributed by atoms with Crippen molar-refractivity contribution in [2.24, 2.45) is 0 Å². The number of allylic oxidation sites excluding steroid dienone is 1. The highest BCUT2D eigenvalue weighted by molar-refractivity contribution is 7.11. The summed E-state index contributed by atoms with van der Waals surface area (Å²) in [6.07, 6.45) is -2.09. The Balaban J connectivity index is 1.78. The van der Waals surface area contributed by atoms with Crippen LogP contribution < -0.4 is 0 Å². The number of rotatable bonds is 4. The fourth-order valence-electron chi connectivity index (χ4n) is 2.30. The van der Waals surface area contributed by atoms with Crippen LogP contribution in [0.1, 0.15) is 32.7 Å². The van der Waals surface area contributed by atoms with E-state index < -0.39 is 23.8 Å². The Morgan fingerprint density at radius 1 is 1.21 bits per heavy atom. The average molecular weight is 354 g/mol. The summed E-state index contributed by atoms with van der Waals surface area (Å²) < 4.78 is 49.0. The predicted octanol–water partition coefficient (Wildman–Crippen LogP) is 4.71. The van der Waals surface area contributed by atoms with Gasteiger partial charge in [-0.15, -0.1) is 11.3 Å². The van der Waals surface area contributed by atoms with Crippen LogP contribution in [0.15, 0.2) is 41.8 Å². The number of hydrogen-bond acceptors (Lipinski definition) is 4. The smallest absolute Gasteiger partial charge is 0.346 e. The molecule has 1 aliphatic rings. The second kappa shape index (κ2) is 6.88. The molecule has 1 fully saturated rings. The molecule has 126 valence electrons. The zero-order valence-electron chi connectivity index (χ0n) is 12.4. The van der Waals surface area contributed by atoms with E-state index in [9.17, 15) is 18.0 Å². The van der Waals surface area contributed by atoms with Gasteiger partial charge in [-0.1, -0.05) is 12.1 Å². The Kier molecular flexibility index (Phi) is 4.84. The molecule has 0 saturated carbocycles. The van der Waals surface area contributed by atoms with Gasteiger partial charge in [0.25, 0.3) is 0 Å². The van der Waals surface area contributed by atoms with Crippen molar-refractivity contribution in [1.82, 2.24) is 0 Å². The van der Waals surface area contributed by atoms with Crippen molar-refractivity contribution in [2.75, 3.05) is 13.2 Å². The fourth-order valence-corrected chi connectivity index (χ4v) is 3.10. The third kappa shape index (κ3) is 3.75. The van der Waals surface area contributed by atoms with Crippen molar-refractivity contribution in [3.05, 3.63) is 63.4 Å². The van der Waals surface area contributed by atoms with E-state index in [1.807, 2.05) is 11.4 Å². The summed E-state index contributed by atoms with van der Waals surface area (Å²) >= 11 is 1.40. The first-order chi connectivity index (χ1) is 11.4. The summed E-state index contributed by atoms with van der Waals surface area (Å²) in [5, 5.41) is 1.84. The molecule has 1 aromatic heterocycles. The third-order valence-electron chi connectivity index (χ3n) is 3.46. The number of benzene rings is 1. The number of ketones is 1. The lowest BCUT2D eigenvalue weighted by atomic mass is 10.1. The second-order valence-electron chi connectivity index (χ2n) is 5.09. The van der Waals surface area contributed by atoms with E-state index in [-0.39, 0.29) is 5.56 Å². The third-order valence-corrected chi connectivity index (χ3v) is 4.36. The molecule has 0 bridgehead atoms. The van der Waals surface area contributed by atoms with Gasteiger partial charge in [0.1, 0.15) is 0 Å². The summed E-state index contributed by atoms with van der Waals surface area (Å²) in [5.74, 6) is -0.492. The minimum atomic E-state index is -4.47. The van der Waals surface area contributed by atoms with Gasteiger partial charge in [0.05, 0.1) is 18.8 Å². The van der Waals surface area contributed by atoms with Crippen molar-refractivity contribution in [3.63, 3.8) is 0 Å². The zero-order valence-corrected chi connectivity index (χ0v) is 13.2. The first-order valence-electron chi connectivity index (χ1n) is 7.15. The number of ether oxygens (including phenoxy) is 2. The molecular weight excluding hydrogens is 341 g/mol. The molecule has 1 aromatic carbocycles. The summed E-state index contributed by atoms with van der Waals surface area (Å²) in [7, 11) is 0. The Labute approximate surface area is 140 Å². The Hall–Kier alpha value is -1.96. The number of hydrogen-bond donors (Lipinski definition) is 0. The molecule has 3 nitrogen and oxygen atoms in total. The highest BCUT2D eigenvalue weighted by Crippen LogP contribution is 2.31. The summed E-state index contributed by atoms with van der Waals surface area (Å²) in [6, 6.07) is 6.22. The number of carbonyl (C=O) groups excluding carboxylic acids is 1. The Morgan fingerprint density at radius 2 is 1.96 bits per heavy atom. The molecule has 0 N–H and O–H groups in total. The summed E-state index contributed by atoms with van der Waals surface area (Å²) in [5.41, 5.74) is -0.0375. The lowest BCUT2D eigenvalue weighted by Crippen LogP contribution is -2.06. The lowest BCUT2D eigenvalue weighted by Gasteiger charge is -2.08. The molecule has 0 amide bonds. The van der Waals surface area contributed by atoms with E-state index >= 15 is 0 Å². The fraction of sp³-hybridized carbons (Fsp3) is 0.235. The number of carbonyl (C=O) groups is 1. The van der Waals surface area contributed by atoms with Crippen LogP contribution in [0.5, 0.6) is 0 Å². The molecule has 2 aromatic rings. The standard InChI is InChI=1S/C17H13F3O3S/c18-17(19,20)12-3-1-2-11(10-12)14(21)4-5-15-13(6-9-24-15)16-22-7-8-23-16/h1-6,9-10,16H,7-8H2. The molecule has 0 aliphatic carbocycles. The molecule has 0 atom stereocenters. The quantitative estimate of drug-likeness (QED) is 0.589. The van der Waals surface area contributed by atoms with Crippen LogP contribution in [0.25, 0.3) is 6.08 Å². The Morgan fingerprint density at radius 3 is 2.67 bits per heavy atom. The minimum Gasteiger partial charge on any atom is -0.346 e. The monoisotopic (exact) mass is 354 g/mol. The van der Waals surface area contributed by atoms with Gasteiger partial charge in [0.2, 0.25) is 0 Å². The molecular formula is C17H13F3O3S. The zero-order chi connectivity index (χ0) is 17.2. The van der Waals surface area contributed by atoms with E-state index in [1.165, 1.54) is 29.5 Å². The molecule has 2 heterocycles.